The average Bonchev–Trinajstić information content (AvgIpc) is 2.95. The fraction of sp³-hybridized carbons (Fsp3) is 0.222. The molecule has 2 heterocycles. The van der Waals surface area contributed by atoms with Gasteiger partial charge in [-0.15, -0.1) is 0 Å². The van der Waals surface area contributed by atoms with Gasteiger partial charge in [0.1, 0.15) is 11.4 Å². The molecular formula is C18H19N3O2. The average molecular weight is 309 g/mol. The topological polar surface area (TPSA) is 55.6 Å². The van der Waals surface area contributed by atoms with Crippen molar-refractivity contribution in [3.8, 4) is 5.75 Å². The van der Waals surface area contributed by atoms with Gasteiger partial charge in [-0.25, -0.2) is 4.98 Å². The number of benzene rings is 1. The van der Waals surface area contributed by atoms with Crippen LogP contribution in [0.5, 0.6) is 5.75 Å². The van der Waals surface area contributed by atoms with Crippen molar-refractivity contribution in [1.29, 1.82) is 0 Å². The standard InChI is InChI=1S/C18H19N3O2/c1-13-7-8-21-12-15(20-17(21)9-13)11-19-18(22)10-14-3-5-16(23-2)6-4-14/h3-9,12H,10-11H2,1-2H3,(H,19,22). The Bertz CT molecular complexity index is 822. The van der Waals surface area contributed by atoms with Gasteiger partial charge in [-0.2, -0.15) is 0 Å². The van der Waals surface area contributed by atoms with E-state index >= 15 is 0 Å². The molecule has 0 aliphatic carbocycles. The predicted octanol–water partition coefficient (Wildman–Crippen LogP) is 2.51. The first-order valence-electron chi connectivity index (χ1n) is 7.48. The third-order valence-corrected chi connectivity index (χ3v) is 3.66. The second-order valence-electron chi connectivity index (χ2n) is 5.50. The molecule has 0 saturated carbocycles. The summed E-state index contributed by atoms with van der Waals surface area (Å²) in [7, 11) is 1.62. The van der Waals surface area contributed by atoms with Crippen molar-refractivity contribution < 1.29 is 9.53 Å². The van der Waals surface area contributed by atoms with Crippen LogP contribution in [-0.2, 0) is 17.8 Å². The quantitative estimate of drug-likeness (QED) is 0.788. The Labute approximate surface area is 134 Å². The smallest absolute Gasteiger partial charge is 0.224 e. The summed E-state index contributed by atoms with van der Waals surface area (Å²) in [5.41, 5.74) is 3.86. The van der Waals surface area contributed by atoms with Crippen LogP contribution in [0.3, 0.4) is 0 Å². The highest BCUT2D eigenvalue weighted by atomic mass is 16.5. The number of ether oxygens (including phenoxy) is 1. The number of imidazole rings is 1. The van der Waals surface area contributed by atoms with Crippen LogP contribution in [0.4, 0.5) is 0 Å². The first-order valence-corrected chi connectivity index (χ1v) is 7.48. The number of aromatic nitrogens is 2. The summed E-state index contributed by atoms with van der Waals surface area (Å²) < 4.78 is 7.06. The van der Waals surface area contributed by atoms with E-state index in [1.165, 1.54) is 0 Å². The van der Waals surface area contributed by atoms with Gasteiger partial charge in [-0.1, -0.05) is 12.1 Å². The Morgan fingerprint density at radius 1 is 1.26 bits per heavy atom. The zero-order valence-corrected chi connectivity index (χ0v) is 13.2. The minimum atomic E-state index is -0.0246. The van der Waals surface area contributed by atoms with Crippen molar-refractivity contribution in [1.82, 2.24) is 14.7 Å². The molecule has 5 heteroatoms. The number of hydrogen-bond donors (Lipinski definition) is 1. The number of rotatable bonds is 5. The van der Waals surface area contributed by atoms with E-state index in [0.29, 0.717) is 13.0 Å². The third kappa shape index (κ3) is 3.69. The van der Waals surface area contributed by atoms with Gasteiger partial charge in [0, 0.05) is 12.4 Å². The van der Waals surface area contributed by atoms with E-state index in [0.717, 1.165) is 28.2 Å². The second-order valence-corrected chi connectivity index (χ2v) is 5.50. The predicted molar refractivity (Wildman–Crippen MR) is 88.5 cm³/mol. The molecule has 5 nitrogen and oxygen atoms in total. The molecule has 1 aromatic carbocycles. The first kappa shape index (κ1) is 15.1. The fourth-order valence-corrected chi connectivity index (χ4v) is 2.40. The maximum absolute atomic E-state index is 12.0. The van der Waals surface area contributed by atoms with Crippen molar-refractivity contribution in [2.75, 3.05) is 7.11 Å². The maximum atomic E-state index is 12.0. The number of nitrogens with zero attached hydrogens (tertiary/aromatic N) is 2. The molecule has 0 fully saturated rings. The van der Waals surface area contributed by atoms with Crippen LogP contribution in [0.25, 0.3) is 5.65 Å². The van der Waals surface area contributed by atoms with Gasteiger partial charge in [0.15, 0.2) is 0 Å². The summed E-state index contributed by atoms with van der Waals surface area (Å²) in [5.74, 6) is 0.762. The molecular weight excluding hydrogens is 290 g/mol. The largest absolute Gasteiger partial charge is 0.497 e. The van der Waals surface area contributed by atoms with Gasteiger partial charge >= 0.3 is 0 Å². The van der Waals surface area contributed by atoms with E-state index in [1.807, 2.05) is 60.1 Å². The van der Waals surface area contributed by atoms with E-state index in [9.17, 15) is 4.79 Å². The maximum Gasteiger partial charge on any atom is 0.224 e. The van der Waals surface area contributed by atoms with Crippen LogP contribution in [-0.4, -0.2) is 22.4 Å². The zero-order valence-electron chi connectivity index (χ0n) is 13.2. The molecule has 0 unspecified atom stereocenters. The van der Waals surface area contributed by atoms with Gasteiger partial charge in [0.05, 0.1) is 25.8 Å². The lowest BCUT2D eigenvalue weighted by Crippen LogP contribution is -2.24. The summed E-state index contributed by atoms with van der Waals surface area (Å²) in [6, 6.07) is 11.5. The van der Waals surface area contributed by atoms with Gasteiger partial charge in [-0.3, -0.25) is 4.79 Å². The highest BCUT2D eigenvalue weighted by Gasteiger charge is 2.06. The van der Waals surface area contributed by atoms with Gasteiger partial charge in [0.2, 0.25) is 5.91 Å². The number of carbonyl (C=O) groups is 1. The number of methoxy groups -OCH3 is 1. The highest BCUT2D eigenvalue weighted by molar-refractivity contribution is 5.78. The van der Waals surface area contributed by atoms with E-state index in [4.69, 9.17) is 4.74 Å². The van der Waals surface area contributed by atoms with Crippen LogP contribution >= 0.6 is 0 Å². The molecule has 23 heavy (non-hydrogen) atoms. The van der Waals surface area contributed by atoms with Gasteiger partial charge < -0.3 is 14.5 Å². The van der Waals surface area contributed by atoms with E-state index in [-0.39, 0.29) is 5.91 Å². The lowest BCUT2D eigenvalue weighted by atomic mass is 10.1. The number of nitrogens with one attached hydrogen (secondary N) is 1. The molecule has 0 aliphatic rings. The van der Waals surface area contributed by atoms with Gasteiger partial charge in [0.25, 0.3) is 0 Å². The van der Waals surface area contributed by atoms with Crippen molar-refractivity contribution >= 4 is 11.6 Å². The summed E-state index contributed by atoms with van der Waals surface area (Å²) >= 11 is 0. The molecule has 118 valence electrons. The van der Waals surface area contributed by atoms with Crippen molar-refractivity contribution in [3.05, 3.63) is 65.6 Å². The Morgan fingerprint density at radius 2 is 2.04 bits per heavy atom. The minimum Gasteiger partial charge on any atom is -0.497 e. The van der Waals surface area contributed by atoms with Crippen LogP contribution in [0, 0.1) is 6.92 Å². The Kier molecular flexibility index (Phi) is 4.28. The number of fused-ring (bicyclic) bond motifs is 1. The molecule has 3 rings (SSSR count). The number of amides is 1. The minimum absolute atomic E-state index is 0.0246. The van der Waals surface area contributed by atoms with Gasteiger partial charge in [-0.05, 0) is 42.3 Å². The fourth-order valence-electron chi connectivity index (χ4n) is 2.40. The molecule has 2 aromatic heterocycles. The molecule has 1 N–H and O–H groups in total. The molecule has 0 atom stereocenters. The van der Waals surface area contributed by atoms with Crippen LogP contribution in [0.2, 0.25) is 0 Å². The summed E-state index contributed by atoms with van der Waals surface area (Å²) in [5, 5.41) is 2.91. The van der Waals surface area contributed by atoms with E-state index in [2.05, 4.69) is 10.3 Å². The Hall–Kier alpha value is -2.82. The number of carbonyl (C=O) groups excluding carboxylic acids is 1. The lowest BCUT2D eigenvalue weighted by molar-refractivity contribution is -0.120. The van der Waals surface area contributed by atoms with Crippen LogP contribution in [0.15, 0.2) is 48.8 Å². The van der Waals surface area contributed by atoms with Crippen molar-refractivity contribution in [2.45, 2.75) is 19.9 Å². The molecule has 3 aromatic rings. The number of aryl methyl sites for hydroxylation is 1. The SMILES string of the molecule is COc1ccc(CC(=O)NCc2cn3ccc(C)cc3n2)cc1. The van der Waals surface area contributed by atoms with Crippen molar-refractivity contribution in [2.24, 2.45) is 0 Å². The van der Waals surface area contributed by atoms with Crippen LogP contribution < -0.4 is 10.1 Å². The normalized spacial score (nSPS) is 10.7. The summed E-state index contributed by atoms with van der Waals surface area (Å²) in [6.45, 7) is 2.46. The van der Waals surface area contributed by atoms with Crippen molar-refractivity contribution in [3.63, 3.8) is 0 Å². The third-order valence-electron chi connectivity index (χ3n) is 3.66. The molecule has 0 bridgehead atoms. The number of hydrogen-bond acceptors (Lipinski definition) is 3. The van der Waals surface area contributed by atoms with Crippen LogP contribution in [0.1, 0.15) is 16.8 Å². The van der Waals surface area contributed by atoms with E-state index < -0.39 is 0 Å². The lowest BCUT2D eigenvalue weighted by Gasteiger charge is -2.04. The molecule has 1 amide bonds. The second kappa shape index (κ2) is 6.52. The van der Waals surface area contributed by atoms with E-state index in [1.54, 1.807) is 7.11 Å². The molecule has 0 saturated heterocycles. The Morgan fingerprint density at radius 3 is 2.78 bits per heavy atom. The molecule has 0 radical (unpaired) electrons. The molecule has 0 aliphatic heterocycles. The molecule has 0 spiro atoms. The Balaban J connectivity index is 1.58. The monoisotopic (exact) mass is 309 g/mol. The summed E-state index contributed by atoms with van der Waals surface area (Å²) in [6.07, 6.45) is 4.25. The highest BCUT2D eigenvalue weighted by Crippen LogP contribution is 2.12. The number of pyridine rings is 1. The first-order chi connectivity index (χ1) is 11.1. The zero-order chi connectivity index (χ0) is 16.2. The summed E-state index contributed by atoms with van der Waals surface area (Å²) in [4.78, 5) is 16.5.